The average molecular weight is 337 g/mol. The van der Waals surface area contributed by atoms with Gasteiger partial charge in [0.25, 0.3) is 0 Å². The number of alkyl halides is 3. The molecule has 0 bridgehead atoms. The number of piperidine rings is 1. The Balaban J connectivity index is 2.21. The quantitative estimate of drug-likeness (QED) is 0.873. The van der Waals surface area contributed by atoms with Crippen LogP contribution >= 0.6 is 15.9 Å². The van der Waals surface area contributed by atoms with Crippen LogP contribution in [0.1, 0.15) is 19.3 Å². The van der Waals surface area contributed by atoms with E-state index in [0.717, 1.165) is 12.8 Å². The summed E-state index contributed by atoms with van der Waals surface area (Å²) in [5.41, 5.74) is 0.700. The van der Waals surface area contributed by atoms with Crippen molar-refractivity contribution in [1.82, 2.24) is 0 Å². The van der Waals surface area contributed by atoms with E-state index in [4.69, 9.17) is 5.41 Å². The number of anilines is 1. The molecule has 1 aromatic rings. The molecule has 0 aromatic heterocycles. The molecule has 104 valence electrons. The second-order valence-electron chi connectivity index (χ2n) is 4.22. The fourth-order valence-electron chi connectivity index (χ4n) is 1.98. The predicted octanol–water partition coefficient (Wildman–Crippen LogP) is 4.32. The van der Waals surface area contributed by atoms with Crippen molar-refractivity contribution in [2.24, 2.45) is 0 Å². The molecule has 1 N–H and O–H groups in total. The van der Waals surface area contributed by atoms with E-state index < -0.39 is 6.36 Å². The van der Waals surface area contributed by atoms with Gasteiger partial charge in [-0.05, 0) is 47.0 Å². The molecule has 1 aromatic carbocycles. The Bertz CT molecular complexity index is 490. The Morgan fingerprint density at radius 1 is 1.26 bits per heavy atom. The van der Waals surface area contributed by atoms with Crippen molar-refractivity contribution in [1.29, 1.82) is 5.41 Å². The van der Waals surface area contributed by atoms with Crippen LogP contribution in [-0.2, 0) is 0 Å². The van der Waals surface area contributed by atoms with Gasteiger partial charge in [-0.1, -0.05) is 0 Å². The third-order valence-electron chi connectivity index (χ3n) is 2.82. The fraction of sp³-hybridized carbons (Fsp3) is 0.417. The van der Waals surface area contributed by atoms with Gasteiger partial charge >= 0.3 is 6.36 Å². The van der Waals surface area contributed by atoms with Gasteiger partial charge in [-0.15, -0.1) is 13.2 Å². The van der Waals surface area contributed by atoms with Gasteiger partial charge in [0.15, 0.2) is 0 Å². The Morgan fingerprint density at radius 3 is 2.58 bits per heavy atom. The zero-order valence-electron chi connectivity index (χ0n) is 9.93. The van der Waals surface area contributed by atoms with E-state index >= 15 is 0 Å². The number of benzene rings is 1. The summed E-state index contributed by atoms with van der Waals surface area (Å²) in [6, 6.07) is 4.33. The normalized spacial score (nSPS) is 16.6. The number of nitrogens with zero attached hydrogens (tertiary/aromatic N) is 1. The molecule has 0 amide bonds. The van der Waals surface area contributed by atoms with Crippen LogP contribution in [0.2, 0.25) is 0 Å². The molecule has 1 heterocycles. The molecule has 0 unspecified atom stereocenters. The number of amidine groups is 1. The molecule has 3 nitrogen and oxygen atoms in total. The highest BCUT2D eigenvalue weighted by atomic mass is 79.9. The lowest BCUT2D eigenvalue weighted by atomic mass is 10.1. The number of hydrogen-bond donors (Lipinski definition) is 1. The predicted molar refractivity (Wildman–Crippen MR) is 69.7 cm³/mol. The Kier molecular flexibility index (Phi) is 4.03. The zero-order valence-corrected chi connectivity index (χ0v) is 11.5. The fourth-order valence-corrected chi connectivity index (χ4v) is 2.43. The van der Waals surface area contributed by atoms with Gasteiger partial charge < -0.3 is 9.64 Å². The summed E-state index contributed by atoms with van der Waals surface area (Å²) in [5.74, 6) is 0.211. The van der Waals surface area contributed by atoms with Gasteiger partial charge in [-0.3, -0.25) is 5.41 Å². The lowest BCUT2D eigenvalue weighted by Gasteiger charge is -2.29. The highest BCUT2D eigenvalue weighted by Crippen LogP contribution is 2.34. The third kappa shape index (κ3) is 3.62. The summed E-state index contributed by atoms with van der Waals surface area (Å²) >= 11 is 3.06. The Hall–Kier alpha value is -1.24. The molecule has 19 heavy (non-hydrogen) atoms. The maximum Gasteiger partial charge on any atom is 0.573 e. The minimum Gasteiger partial charge on any atom is -0.405 e. The highest BCUT2D eigenvalue weighted by molar-refractivity contribution is 9.10. The largest absolute Gasteiger partial charge is 0.573 e. The number of rotatable bonds is 2. The number of halogens is 4. The number of hydrogen-bond acceptors (Lipinski definition) is 2. The first-order valence-electron chi connectivity index (χ1n) is 5.77. The van der Waals surface area contributed by atoms with Gasteiger partial charge in [0.1, 0.15) is 11.6 Å². The van der Waals surface area contributed by atoms with Crippen molar-refractivity contribution in [2.75, 3.05) is 11.4 Å². The molecule has 2 rings (SSSR count). The van der Waals surface area contributed by atoms with E-state index in [9.17, 15) is 13.2 Å². The van der Waals surface area contributed by atoms with Gasteiger partial charge in [0, 0.05) is 18.7 Å². The van der Waals surface area contributed by atoms with E-state index in [1.54, 1.807) is 11.0 Å². The molecule has 0 aliphatic carbocycles. The van der Waals surface area contributed by atoms with Crippen LogP contribution in [0, 0.1) is 5.41 Å². The lowest BCUT2D eigenvalue weighted by Crippen LogP contribution is -2.34. The van der Waals surface area contributed by atoms with Crippen molar-refractivity contribution in [2.45, 2.75) is 25.6 Å². The first-order valence-corrected chi connectivity index (χ1v) is 6.56. The molecule has 1 saturated heterocycles. The standard InChI is InChI=1S/C12H12BrF3N2O/c13-9-7-8(18-6-2-1-3-11(18)17)4-5-10(9)19-12(14,15)16/h4-5,7,17H,1-3,6H2. The smallest absolute Gasteiger partial charge is 0.405 e. The van der Waals surface area contributed by atoms with Crippen molar-refractivity contribution in [3.63, 3.8) is 0 Å². The van der Waals surface area contributed by atoms with Crippen LogP contribution in [0.3, 0.4) is 0 Å². The minimum atomic E-state index is -4.71. The topological polar surface area (TPSA) is 36.3 Å². The monoisotopic (exact) mass is 336 g/mol. The molecule has 1 aliphatic rings. The SMILES string of the molecule is N=C1CCCCN1c1ccc(OC(F)(F)F)c(Br)c1. The molecular formula is C12H12BrF3N2O. The van der Waals surface area contributed by atoms with Crippen molar-refractivity contribution < 1.29 is 17.9 Å². The summed E-state index contributed by atoms with van der Waals surface area (Å²) in [6.07, 6.45) is -2.06. The first-order chi connectivity index (χ1) is 8.87. The highest BCUT2D eigenvalue weighted by Gasteiger charge is 2.32. The Labute approximate surface area is 117 Å². The van der Waals surface area contributed by atoms with Crippen molar-refractivity contribution >= 4 is 27.5 Å². The van der Waals surface area contributed by atoms with Crippen LogP contribution in [0.25, 0.3) is 0 Å². The zero-order chi connectivity index (χ0) is 14.0. The molecular weight excluding hydrogens is 325 g/mol. The first kappa shape index (κ1) is 14.2. The molecule has 1 aliphatic heterocycles. The summed E-state index contributed by atoms with van der Waals surface area (Å²) < 4.78 is 40.6. The lowest BCUT2D eigenvalue weighted by molar-refractivity contribution is -0.274. The van der Waals surface area contributed by atoms with E-state index in [1.807, 2.05) is 0 Å². The van der Waals surface area contributed by atoms with Gasteiger partial charge in [-0.25, -0.2) is 0 Å². The molecule has 7 heteroatoms. The number of ether oxygens (including phenoxy) is 1. The summed E-state index contributed by atoms with van der Waals surface area (Å²) in [7, 11) is 0. The molecule has 0 radical (unpaired) electrons. The van der Waals surface area contributed by atoms with E-state index in [1.165, 1.54) is 12.1 Å². The van der Waals surface area contributed by atoms with Crippen molar-refractivity contribution in [3.05, 3.63) is 22.7 Å². The van der Waals surface area contributed by atoms with Crippen LogP contribution in [-0.4, -0.2) is 18.7 Å². The third-order valence-corrected chi connectivity index (χ3v) is 3.44. The van der Waals surface area contributed by atoms with Gasteiger partial charge in [-0.2, -0.15) is 0 Å². The summed E-state index contributed by atoms with van der Waals surface area (Å²) in [5, 5.41) is 7.85. The summed E-state index contributed by atoms with van der Waals surface area (Å²) in [4.78, 5) is 1.80. The average Bonchev–Trinajstić information content (AvgIpc) is 2.31. The van der Waals surface area contributed by atoms with Crippen molar-refractivity contribution in [3.8, 4) is 5.75 Å². The minimum absolute atomic E-state index is 0.223. The van der Waals surface area contributed by atoms with Gasteiger partial charge in [0.05, 0.1) is 4.47 Å². The second kappa shape index (κ2) is 5.40. The second-order valence-corrected chi connectivity index (χ2v) is 5.07. The van der Waals surface area contributed by atoms with Crippen LogP contribution in [0.5, 0.6) is 5.75 Å². The van der Waals surface area contributed by atoms with E-state index in [-0.39, 0.29) is 10.2 Å². The van der Waals surface area contributed by atoms with Crippen LogP contribution in [0.4, 0.5) is 18.9 Å². The molecule has 0 saturated carbocycles. The molecule has 1 fully saturated rings. The molecule has 0 atom stereocenters. The van der Waals surface area contributed by atoms with Gasteiger partial charge in [0.2, 0.25) is 0 Å². The maximum absolute atomic E-state index is 12.2. The Morgan fingerprint density at radius 2 is 2.00 bits per heavy atom. The maximum atomic E-state index is 12.2. The summed E-state index contributed by atoms with van der Waals surface area (Å²) in [6.45, 7) is 0.713. The van der Waals surface area contributed by atoms with E-state index in [2.05, 4.69) is 20.7 Å². The van der Waals surface area contributed by atoms with E-state index in [0.29, 0.717) is 24.5 Å². The van der Waals surface area contributed by atoms with Crippen LogP contribution < -0.4 is 9.64 Å². The molecule has 0 spiro atoms. The van der Waals surface area contributed by atoms with Crippen LogP contribution in [0.15, 0.2) is 22.7 Å². The number of nitrogens with one attached hydrogen (secondary N) is 1.